The number of halogens is 1. The number of hydrogen-bond donors (Lipinski definition) is 0. The van der Waals surface area contributed by atoms with Crippen LogP contribution >= 0.6 is 23.1 Å². The van der Waals surface area contributed by atoms with E-state index in [1.165, 1.54) is 0 Å². The fourth-order valence-corrected chi connectivity index (χ4v) is 5.02. The first kappa shape index (κ1) is 16.0. The van der Waals surface area contributed by atoms with E-state index < -0.39 is 7.14 Å². The second-order valence-electron chi connectivity index (χ2n) is 4.76. The molecule has 0 bridgehead atoms. The van der Waals surface area contributed by atoms with Crippen molar-refractivity contribution in [2.45, 2.75) is 13.8 Å². The molecular weight excluding hydrogens is 343 g/mol. The van der Waals surface area contributed by atoms with Crippen molar-refractivity contribution in [3.63, 3.8) is 0 Å². The predicted octanol–water partition coefficient (Wildman–Crippen LogP) is 5.24. The molecule has 108 valence electrons. The van der Waals surface area contributed by atoms with E-state index in [4.69, 9.17) is 0 Å². The molecule has 0 aliphatic carbocycles. The lowest BCUT2D eigenvalue weighted by Crippen LogP contribution is -2.16. The molecule has 0 fully saturated rings. The highest BCUT2D eigenvalue weighted by atomic mass is 79.9. The van der Waals surface area contributed by atoms with E-state index in [1.54, 1.807) is 0 Å². The molecule has 2 aromatic carbocycles. The highest BCUT2D eigenvalue weighted by molar-refractivity contribution is 9.10. The van der Waals surface area contributed by atoms with Gasteiger partial charge in [0.15, 0.2) is 7.14 Å². The third kappa shape index (κ3) is 3.45. The lowest BCUT2D eigenvalue weighted by Gasteiger charge is -2.20. The summed E-state index contributed by atoms with van der Waals surface area (Å²) in [4.78, 5) is 0. The summed E-state index contributed by atoms with van der Waals surface area (Å²) in [5, 5.41) is 2.61. The monoisotopic (exact) mass is 360 g/mol. The van der Waals surface area contributed by atoms with Crippen molar-refractivity contribution in [2.75, 3.05) is 0 Å². The van der Waals surface area contributed by atoms with Gasteiger partial charge < -0.3 is 4.57 Å². The molecule has 0 spiro atoms. The topological polar surface area (TPSA) is 17.1 Å². The molecule has 0 heterocycles. The van der Waals surface area contributed by atoms with E-state index in [0.29, 0.717) is 0 Å². The van der Waals surface area contributed by atoms with E-state index >= 15 is 0 Å². The first-order valence-electron chi connectivity index (χ1n) is 6.81. The van der Waals surface area contributed by atoms with Crippen LogP contribution in [0.1, 0.15) is 13.8 Å². The summed E-state index contributed by atoms with van der Waals surface area (Å²) in [6.07, 6.45) is 5.82. The molecule has 1 atom stereocenters. The van der Waals surface area contributed by atoms with Crippen LogP contribution in [0.15, 0.2) is 82.6 Å². The molecule has 1 nitrogen and oxygen atoms in total. The maximum absolute atomic E-state index is 13.8. The summed E-state index contributed by atoms with van der Waals surface area (Å²) < 4.78 is 14.8. The van der Waals surface area contributed by atoms with Crippen LogP contribution in [0.2, 0.25) is 0 Å². The molecule has 0 aliphatic heterocycles. The molecule has 2 aromatic rings. The van der Waals surface area contributed by atoms with Crippen LogP contribution in [0.4, 0.5) is 0 Å². The zero-order chi connectivity index (χ0) is 15.3. The van der Waals surface area contributed by atoms with Crippen molar-refractivity contribution in [3.05, 3.63) is 82.6 Å². The maximum atomic E-state index is 13.8. The standard InChI is InChI=1S/C18H18BrOP/c1-3-4-8-15(2)21(20,17-9-6-5-7-10-17)18-13-11-16(19)12-14-18/h3-14H,1-2H3/b4-3-,15-8+. The van der Waals surface area contributed by atoms with Gasteiger partial charge in [-0.05, 0) is 43.4 Å². The lowest BCUT2D eigenvalue weighted by molar-refractivity contribution is 0.590. The fraction of sp³-hybridized carbons (Fsp3) is 0.111. The largest absolute Gasteiger partial charge is 0.309 e. The van der Waals surface area contributed by atoms with Crippen molar-refractivity contribution in [2.24, 2.45) is 0 Å². The Bertz CT molecular complexity index is 700. The van der Waals surface area contributed by atoms with Gasteiger partial charge in [0.25, 0.3) is 0 Å². The minimum atomic E-state index is -2.78. The van der Waals surface area contributed by atoms with Crippen LogP contribution in [0, 0.1) is 0 Å². The average Bonchev–Trinajstić information content (AvgIpc) is 2.53. The summed E-state index contributed by atoms with van der Waals surface area (Å²) in [6.45, 7) is 3.90. The molecule has 0 aromatic heterocycles. The first-order valence-corrected chi connectivity index (χ1v) is 9.31. The zero-order valence-electron chi connectivity index (χ0n) is 12.2. The summed E-state index contributed by atoms with van der Waals surface area (Å²) in [6, 6.07) is 17.4. The number of allylic oxidation sites excluding steroid dienone is 4. The number of rotatable bonds is 4. The minimum Gasteiger partial charge on any atom is -0.309 e. The van der Waals surface area contributed by atoms with E-state index in [0.717, 1.165) is 20.4 Å². The Morgan fingerprint density at radius 2 is 1.57 bits per heavy atom. The fourth-order valence-electron chi connectivity index (χ4n) is 2.19. The third-order valence-electron chi connectivity index (χ3n) is 3.34. The highest BCUT2D eigenvalue weighted by Crippen LogP contribution is 2.51. The predicted molar refractivity (Wildman–Crippen MR) is 96.0 cm³/mol. The Morgan fingerprint density at radius 1 is 1.00 bits per heavy atom. The molecule has 0 aliphatic rings. The van der Waals surface area contributed by atoms with Crippen LogP contribution in [0.25, 0.3) is 0 Å². The lowest BCUT2D eigenvalue weighted by atomic mass is 10.4. The van der Waals surface area contributed by atoms with Gasteiger partial charge in [-0.1, -0.05) is 64.5 Å². The van der Waals surface area contributed by atoms with Gasteiger partial charge in [0.2, 0.25) is 0 Å². The zero-order valence-corrected chi connectivity index (χ0v) is 14.6. The first-order chi connectivity index (χ1) is 10.1. The molecule has 21 heavy (non-hydrogen) atoms. The molecule has 0 amide bonds. The Balaban J connectivity index is 2.65. The van der Waals surface area contributed by atoms with Gasteiger partial charge in [0.1, 0.15) is 0 Å². The molecule has 3 heteroatoms. The van der Waals surface area contributed by atoms with Gasteiger partial charge in [0, 0.05) is 15.1 Å². The van der Waals surface area contributed by atoms with Crippen molar-refractivity contribution in [1.29, 1.82) is 0 Å². The molecule has 0 N–H and O–H groups in total. The van der Waals surface area contributed by atoms with Crippen molar-refractivity contribution >= 4 is 33.7 Å². The highest BCUT2D eigenvalue weighted by Gasteiger charge is 2.28. The maximum Gasteiger partial charge on any atom is 0.166 e. The van der Waals surface area contributed by atoms with Crippen molar-refractivity contribution in [3.8, 4) is 0 Å². The molecule has 1 unspecified atom stereocenters. The molecule has 2 rings (SSSR count). The number of hydrogen-bond acceptors (Lipinski definition) is 1. The third-order valence-corrected chi connectivity index (χ3v) is 7.06. The van der Waals surface area contributed by atoms with Gasteiger partial charge in [-0.25, -0.2) is 0 Å². The average molecular weight is 361 g/mol. The minimum absolute atomic E-state index is 0.857. The van der Waals surface area contributed by atoms with Crippen molar-refractivity contribution < 1.29 is 4.57 Å². The summed E-state index contributed by atoms with van der Waals surface area (Å²) in [5.74, 6) is 0. The Morgan fingerprint density at radius 3 is 2.14 bits per heavy atom. The van der Waals surface area contributed by atoms with Gasteiger partial charge in [-0.15, -0.1) is 0 Å². The molecule has 0 radical (unpaired) electrons. The Hall–Kier alpha value is -1.37. The summed E-state index contributed by atoms with van der Waals surface area (Å²) in [5.41, 5.74) is 0. The molecular formula is C18H18BrOP. The van der Waals surface area contributed by atoms with Crippen LogP contribution in [0.5, 0.6) is 0 Å². The SMILES string of the molecule is C/C=C\C=C(/C)P(=O)(c1ccccc1)c1ccc(Br)cc1. The smallest absolute Gasteiger partial charge is 0.166 e. The van der Waals surface area contributed by atoms with Gasteiger partial charge >= 0.3 is 0 Å². The molecule has 0 saturated heterocycles. The second kappa shape index (κ2) is 7.06. The van der Waals surface area contributed by atoms with E-state index in [1.807, 2.05) is 86.7 Å². The van der Waals surface area contributed by atoms with E-state index in [2.05, 4.69) is 15.9 Å². The number of benzene rings is 2. The summed E-state index contributed by atoms with van der Waals surface area (Å²) in [7, 11) is -2.78. The summed E-state index contributed by atoms with van der Waals surface area (Å²) >= 11 is 3.43. The van der Waals surface area contributed by atoms with Crippen LogP contribution < -0.4 is 10.6 Å². The Labute approximate surface area is 134 Å². The van der Waals surface area contributed by atoms with Crippen LogP contribution in [-0.2, 0) is 4.57 Å². The molecule has 0 saturated carbocycles. The van der Waals surface area contributed by atoms with E-state index in [-0.39, 0.29) is 0 Å². The second-order valence-corrected chi connectivity index (χ2v) is 8.63. The normalized spacial score (nSPS) is 15.1. The van der Waals surface area contributed by atoms with Gasteiger partial charge in [-0.2, -0.15) is 0 Å². The van der Waals surface area contributed by atoms with Crippen LogP contribution in [0.3, 0.4) is 0 Å². The van der Waals surface area contributed by atoms with Gasteiger partial charge in [-0.3, -0.25) is 0 Å². The quantitative estimate of drug-likeness (QED) is 0.538. The van der Waals surface area contributed by atoms with Crippen LogP contribution in [-0.4, -0.2) is 0 Å². The van der Waals surface area contributed by atoms with Gasteiger partial charge in [0.05, 0.1) is 0 Å². The van der Waals surface area contributed by atoms with Crippen molar-refractivity contribution in [1.82, 2.24) is 0 Å². The Kier molecular flexibility index (Phi) is 5.39. The van der Waals surface area contributed by atoms with E-state index in [9.17, 15) is 4.57 Å².